The Morgan fingerprint density at radius 3 is 2.62 bits per heavy atom. The van der Waals surface area contributed by atoms with Gasteiger partial charge in [-0.15, -0.1) is 0 Å². The Morgan fingerprint density at radius 2 is 1.94 bits per heavy atom. The van der Waals surface area contributed by atoms with Crippen LogP contribution in [0.15, 0.2) is 35.1 Å². The molecule has 2 aromatic rings. The van der Waals surface area contributed by atoms with Crippen molar-refractivity contribution < 1.29 is 0 Å². The topological polar surface area (TPSA) is 63.8 Å². The van der Waals surface area contributed by atoms with Gasteiger partial charge in [-0.25, -0.2) is 9.97 Å². The molecule has 0 unspecified atom stereocenters. The second-order valence-corrected chi connectivity index (χ2v) is 4.41. The summed E-state index contributed by atoms with van der Waals surface area (Å²) >= 11 is 9.38. The summed E-state index contributed by atoms with van der Waals surface area (Å²) in [7, 11) is 0. The van der Waals surface area contributed by atoms with E-state index in [1.807, 2.05) is 12.1 Å². The van der Waals surface area contributed by atoms with Gasteiger partial charge in [-0.05, 0) is 18.2 Å². The van der Waals surface area contributed by atoms with Crippen LogP contribution in [0.3, 0.4) is 0 Å². The number of benzene rings is 1. The summed E-state index contributed by atoms with van der Waals surface area (Å²) in [6, 6.07) is 5.49. The molecule has 82 valence electrons. The molecule has 0 saturated heterocycles. The third-order valence-electron chi connectivity index (χ3n) is 1.85. The van der Waals surface area contributed by atoms with E-state index in [4.69, 9.17) is 17.3 Å². The Kier molecular flexibility index (Phi) is 3.26. The summed E-state index contributed by atoms with van der Waals surface area (Å²) in [5, 5.41) is 3.60. The van der Waals surface area contributed by atoms with Gasteiger partial charge in [0.05, 0.1) is 28.8 Å². The summed E-state index contributed by atoms with van der Waals surface area (Å²) in [5.41, 5.74) is 6.74. The Hall–Kier alpha value is -1.33. The molecule has 0 aliphatic carbocycles. The number of nitrogen functional groups attached to an aromatic ring is 1. The van der Waals surface area contributed by atoms with E-state index in [1.165, 1.54) is 12.4 Å². The summed E-state index contributed by atoms with van der Waals surface area (Å²) in [6.07, 6.45) is 3.06. The summed E-state index contributed by atoms with van der Waals surface area (Å²) in [5.74, 6) is 0.453. The van der Waals surface area contributed by atoms with Gasteiger partial charge in [0, 0.05) is 4.47 Å². The van der Waals surface area contributed by atoms with Crippen molar-refractivity contribution in [3.8, 4) is 0 Å². The molecule has 0 atom stereocenters. The van der Waals surface area contributed by atoms with Gasteiger partial charge in [-0.3, -0.25) is 0 Å². The molecule has 0 fully saturated rings. The maximum atomic E-state index is 6.01. The normalized spacial score (nSPS) is 10.1. The van der Waals surface area contributed by atoms with Gasteiger partial charge in [-0.2, -0.15) is 0 Å². The van der Waals surface area contributed by atoms with Crippen molar-refractivity contribution >= 4 is 44.9 Å². The molecular weight excluding hydrogens is 291 g/mol. The molecular formula is C10H8BrClN4. The minimum Gasteiger partial charge on any atom is -0.396 e. The van der Waals surface area contributed by atoms with E-state index in [2.05, 4.69) is 31.2 Å². The first-order chi connectivity index (χ1) is 7.65. The van der Waals surface area contributed by atoms with Gasteiger partial charge in [0.15, 0.2) is 0 Å². The number of anilines is 3. The van der Waals surface area contributed by atoms with Crippen LogP contribution in [0.2, 0.25) is 5.02 Å². The molecule has 0 bridgehead atoms. The van der Waals surface area contributed by atoms with E-state index in [1.54, 1.807) is 6.07 Å². The summed E-state index contributed by atoms with van der Waals surface area (Å²) in [4.78, 5) is 8.05. The molecule has 16 heavy (non-hydrogen) atoms. The number of nitrogens with one attached hydrogen (secondary N) is 1. The van der Waals surface area contributed by atoms with Gasteiger partial charge in [-0.1, -0.05) is 27.5 Å². The quantitative estimate of drug-likeness (QED) is 0.893. The van der Waals surface area contributed by atoms with E-state index in [0.717, 1.165) is 10.2 Å². The summed E-state index contributed by atoms with van der Waals surface area (Å²) in [6.45, 7) is 0. The van der Waals surface area contributed by atoms with Crippen molar-refractivity contribution in [1.82, 2.24) is 9.97 Å². The van der Waals surface area contributed by atoms with Crippen LogP contribution < -0.4 is 11.1 Å². The number of rotatable bonds is 2. The van der Waals surface area contributed by atoms with E-state index >= 15 is 0 Å². The van der Waals surface area contributed by atoms with Crippen LogP contribution in [0.4, 0.5) is 17.3 Å². The number of halogens is 2. The zero-order valence-electron chi connectivity index (χ0n) is 8.11. The first-order valence-corrected chi connectivity index (χ1v) is 5.62. The van der Waals surface area contributed by atoms with E-state index < -0.39 is 0 Å². The maximum Gasteiger partial charge on any atom is 0.227 e. The van der Waals surface area contributed by atoms with Crippen LogP contribution in [0.1, 0.15) is 0 Å². The van der Waals surface area contributed by atoms with Gasteiger partial charge >= 0.3 is 0 Å². The molecule has 1 heterocycles. The maximum absolute atomic E-state index is 6.01. The molecule has 0 spiro atoms. The first kappa shape index (κ1) is 11.2. The largest absolute Gasteiger partial charge is 0.396 e. The van der Waals surface area contributed by atoms with E-state index in [0.29, 0.717) is 16.7 Å². The third-order valence-corrected chi connectivity index (χ3v) is 2.67. The van der Waals surface area contributed by atoms with E-state index in [-0.39, 0.29) is 0 Å². The molecule has 1 aromatic heterocycles. The van der Waals surface area contributed by atoms with Crippen LogP contribution >= 0.6 is 27.5 Å². The Balaban J connectivity index is 2.26. The average molecular weight is 300 g/mol. The Morgan fingerprint density at radius 1 is 1.25 bits per heavy atom. The minimum atomic E-state index is 0.453. The van der Waals surface area contributed by atoms with Gasteiger partial charge < -0.3 is 11.1 Å². The lowest BCUT2D eigenvalue weighted by atomic mass is 10.3. The molecule has 0 saturated carbocycles. The minimum absolute atomic E-state index is 0.453. The molecule has 0 aliphatic rings. The third kappa shape index (κ3) is 2.62. The Labute approximate surface area is 106 Å². The zero-order chi connectivity index (χ0) is 11.5. The molecule has 1 aromatic carbocycles. The predicted molar refractivity (Wildman–Crippen MR) is 68.9 cm³/mol. The molecule has 0 aliphatic heterocycles. The molecule has 0 amide bonds. The van der Waals surface area contributed by atoms with Crippen molar-refractivity contribution in [2.75, 3.05) is 11.1 Å². The average Bonchev–Trinajstić information content (AvgIpc) is 2.27. The van der Waals surface area contributed by atoms with Crippen LogP contribution in [0.5, 0.6) is 0 Å². The molecule has 6 heteroatoms. The second-order valence-electron chi connectivity index (χ2n) is 3.09. The number of hydrogen-bond donors (Lipinski definition) is 2. The molecule has 3 N–H and O–H groups in total. The first-order valence-electron chi connectivity index (χ1n) is 4.45. The van der Waals surface area contributed by atoms with Crippen LogP contribution in [0.25, 0.3) is 0 Å². The number of hydrogen-bond acceptors (Lipinski definition) is 4. The fourth-order valence-corrected chi connectivity index (χ4v) is 1.64. The van der Waals surface area contributed by atoms with Gasteiger partial charge in [0.25, 0.3) is 0 Å². The SMILES string of the molecule is Nc1cnc(Nc2cc(Br)ccc2Cl)nc1. The number of nitrogens with two attached hydrogens (primary N) is 1. The molecule has 2 rings (SSSR count). The lowest BCUT2D eigenvalue weighted by molar-refractivity contribution is 1.17. The predicted octanol–water partition coefficient (Wildman–Crippen LogP) is 3.22. The van der Waals surface area contributed by atoms with Crippen molar-refractivity contribution in [2.45, 2.75) is 0 Å². The fraction of sp³-hybridized carbons (Fsp3) is 0. The molecule has 0 radical (unpaired) electrons. The monoisotopic (exact) mass is 298 g/mol. The van der Waals surface area contributed by atoms with Crippen LogP contribution in [-0.4, -0.2) is 9.97 Å². The number of aromatic nitrogens is 2. The Bertz CT molecular complexity index is 501. The lowest BCUT2D eigenvalue weighted by Crippen LogP contribution is -1.98. The highest BCUT2D eigenvalue weighted by Crippen LogP contribution is 2.27. The van der Waals surface area contributed by atoms with Crippen molar-refractivity contribution in [2.24, 2.45) is 0 Å². The van der Waals surface area contributed by atoms with E-state index in [9.17, 15) is 0 Å². The van der Waals surface area contributed by atoms with Gasteiger partial charge in [0.1, 0.15) is 0 Å². The van der Waals surface area contributed by atoms with Crippen molar-refractivity contribution in [3.63, 3.8) is 0 Å². The smallest absolute Gasteiger partial charge is 0.227 e. The van der Waals surface area contributed by atoms with Crippen LogP contribution in [-0.2, 0) is 0 Å². The van der Waals surface area contributed by atoms with Crippen LogP contribution in [0, 0.1) is 0 Å². The summed E-state index contributed by atoms with van der Waals surface area (Å²) < 4.78 is 0.926. The fourth-order valence-electron chi connectivity index (χ4n) is 1.12. The molecule has 4 nitrogen and oxygen atoms in total. The highest BCUT2D eigenvalue weighted by Gasteiger charge is 2.03. The number of nitrogens with zero attached hydrogens (tertiary/aromatic N) is 2. The van der Waals surface area contributed by atoms with Crippen molar-refractivity contribution in [1.29, 1.82) is 0 Å². The highest BCUT2D eigenvalue weighted by molar-refractivity contribution is 9.10. The second kappa shape index (κ2) is 4.67. The van der Waals surface area contributed by atoms with Crippen molar-refractivity contribution in [3.05, 3.63) is 40.1 Å². The highest BCUT2D eigenvalue weighted by atomic mass is 79.9. The lowest BCUT2D eigenvalue weighted by Gasteiger charge is -2.06. The van der Waals surface area contributed by atoms with Gasteiger partial charge in [0.2, 0.25) is 5.95 Å². The standard InChI is InChI=1S/C10H8BrClN4/c11-6-1-2-8(12)9(3-6)16-10-14-4-7(13)5-15-10/h1-5H,13H2,(H,14,15,16). The zero-order valence-corrected chi connectivity index (χ0v) is 10.5.